The summed E-state index contributed by atoms with van der Waals surface area (Å²) >= 11 is 0. The number of nitrogens with two attached hydrogens (primary N) is 1. The zero-order valence-electron chi connectivity index (χ0n) is 17.8. The van der Waals surface area contributed by atoms with Crippen LogP contribution in [0.2, 0.25) is 0 Å². The molecule has 7 nitrogen and oxygen atoms in total. The van der Waals surface area contributed by atoms with Gasteiger partial charge in [0, 0.05) is 62.1 Å². The van der Waals surface area contributed by atoms with E-state index in [9.17, 15) is 4.79 Å². The molecule has 4 rings (SSSR count). The molecule has 3 heterocycles. The number of benzene rings is 1. The number of piperazine rings is 2. The van der Waals surface area contributed by atoms with E-state index in [1.165, 1.54) is 0 Å². The number of anilines is 2. The van der Waals surface area contributed by atoms with Crippen LogP contribution in [0.5, 0.6) is 0 Å². The lowest BCUT2D eigenvalue weighted by atomic mass is 10.0. The summed E-state index contributed by atoms with van der Waals surface area (Å²) in [6.07, 6.45) is 1.56. The molecule has 156 valence electrons. The van der Waals surface area contributed by atoms with Crippen LogP contribution in [-0.4, -0.2) is 71.3 Å². The van der Waals surface area contributed by atoms with E-state index < -0.39 is 5.60 Å². The maximum Gasteiger partial charge on any atom is 0.410 e. The van der Waals surface area contributed by atoms with Crippen molar-refractivity contribution >= 4 is 28.4 Å². The Morgan fingerprint density at radius 3 is 2.72 bits per heavy atom. The number of hydrogen-bond acceptors (Lipinski definition) is 6. The minimum atomic E-state index is -0.476. The number of nitrogen functional groups attached to an aromatic ring is 1. The Morgan fingerprint density at radius 2 is 1.97 bits per heavy atom. The Kier molecular flexibility index (Phi) is 5.02. The second kappa shape index (κ2) is 7.37. The Labute approximate surface area is 172 Å². The molecule has 2 fully saturated rings. The fourth-order valence-corrected chi connectivity index (χ4v) is 4.51. The van der Waals surface area contributed by atoms with Gasteiger partial charge in [-0.3, -0.25) is 9.88 Å². The van der Waals surface area contributed by atoms with Gasteiger partial charge in [0.15, 0.2) is 0 Å². The van der Waals surface area contributed by atoms with E-state index in [0.717, 1.165) is 36.2 Å². The van der Waals surface area contributed by atoms with E-state index in [0.29, 0.717) is 24.8 Å². The van der Waals surface area contributed by atoms with Gasteiger partial charge in [0.25, 0.3) is 0 Å². The van der Waals surface area contributed by atoms with E-state index in [1.54, 1.807) is 6.20 Å². The van der Waals surface area contributed by atoms with Gasteiger partial charge in [0.2, 0.25) is 0 Å². The number of carbonyl (C=O) groups excluding carboxylic acids is 1. The van der Waals surface area contributed by atoms with Gasteiger partial charge in [-0.15, -0.1) is 0 Å². The summed E-state index contributed by atoms with van der Waals surface area (Å²) in [6.45, 7) is 12.1. The van der Waals surface area contributed by atoms with E-state index in [1.807, 2.05) is 37.8 Å². The first kappa shape index (κ1) is 19.8. The van der Waals surface area contributed by atoms with Gasteiger partial charge in [0.1, 0.15) is 5.60 Å². The third kappa shape index (κ3) is 3.96. The van der Waals surface area contributed by atoms with Gasteiger partial charge in [-0.25, -0.2) is 4.79 Å². The zero-order valence-corrected chi connectivity index (χ0v) is 17.8. The highest BCUT2D eigenvalue weighted by atomic mass is 16.6. The van der Waals surface area contributed by atoms with Gasteiger partial charge in [-0.1, -0.05) is 0 Å². The van der Waals surface area contributed by atoms with Crippen molar-refractivity contribution in [2.45, 2.75) is 45.4 Å². The lowest BCUT2D eigenvalue weighted by Crippen LogP contribution is -2.66. The molecule has 0 bridgehead atoms. The molecule has 2 aliphatic rings. The van der Waals surface area contributed by atoms with Crippen molar-refractivity contribution in [3.05, 3.63) is 30.5 Å². The van der Waals surface area contributed by atoms with E-state index in [4.69, 9.17) is 10.5 Å². The average Bonchev–Trinajstić information content (AvgIpc) is 2.66. The molecular weight excluding hydrogens is 366 g/mol. The first-order valence-corrected chi connectivity index (χ1v) is 10.3. The van der Waals surface area contributed by atoms with E-state index in [2.05, 4.69) is 33.8 Å². The van der Waals surface area contributed by atoms with Gasteiger partial charge in [-0.05, 0) is 52.0 Å². The summed E-state index contributed by atoms with van der Waals surface area (Å²) in [4.78, 5) is 23.8. The number of nitrogens with zero attached hydrogens (tertiary/aromatic N) is 4. The van der Waals surface area contributed by atoms with E-state index >= 15 is 0 Å². The molecule has 2 atom stereocenters. The maximum absolute atomic E-state index is 12.6. The van der Waals surface area contributed by atoms with Crippen LogP contribution in [0.4, 0.5) is 16.2 Å². The molecule has 7 heteroatoms. The van der Waals surface area contributed by atoms with Crippen LogP contribution < -0.4 is 10.6 Å². The molecule has 0 saturated carbocycles. The highest BCUT2D eigenvalue weighted by Crippen LogP contribution is 2.32. The third-order valence-corrected chi connectivity index (χ3v) is 5.78. The number of pyridine rings is 1. The van der Waals surface area contributed by atoms with Crippen LogP contribution in [0.1, 0.15) is 27.7 Å². The number of ether oxygens (including phenoxy) is 1. The van der Waals surface area contributed by atoms with Crippen molar-refractivity contribution in [1.29, 1.82) is 0 Å². The fraction of sp³-hybridized carbons (Fsp3) is 0.545. The Hall–Kier alpha value is -2.54. The van der Waals surface area contributed by atoms with Crippen molar-refractivity contribution in [2.75, 3.05) is 43.4 Å². The quantitative estimate of drug-likeness (QED) is 0.746. The summed E-state index contributed by atoms with van der Waals surface area (Å²) < 4.78 is 5.60. The first-order valence-electron chi connectivity index (χ1n) is 10.3. The molecule has 1 unspecified atom stereocenters. The molecule has 29 heavy (non-hydrogen) atoms. The van der Waals surface area contributed by atoms with Crippen molar-refractivity contribution in [3.8, 4) is 0 Å². The van der Waals surface area contributed by atoms with Crippen molar-refractivity contribution in [1.82, 2.24) is 14.8 Å². The largest absolute Gasteiger partial charge is 0.444 e. The number of amides is 1. The molecular formula is C22H31N5O2. The second-order valence-corrected chi connectivity index (χ2v) is 9.15. The SMILES string of the molecule is C[C@@H]1CN(c2ccc(N)c3ncccc23)CC2CN(C(=O)OC(C)(C)C)CCN21. The van der Waals surface area contributed by atoms with Gasteiger partial charge in [-0.2, -0.15) is 0 Å². The summed E-state index contributed by atoms with van der Waals surface area (Å²) in [6, 6.07) is 8.74. The molecule has 2 saturated heterocycles. The number of aromatic nitrogens is 1. The van der Waals surface area contributed by atoms with Crippen molar-refractivity contribution < 1.29 is 9.53 Å². The zero-order chi connectivity index (χ0) is 20.8. The normalized spacial score (nSPS) is 23.2. The summed E-state index contributed by atoms with van der Waals surface area (Å²) in [5.74, 6) is 0. The summed E-state index contributed by atoms with van der Waals surface area (Å²) in [5, 5.41) is 1.08. The molecule has 2 N–H and O–H groups in total. The van der Waals surface area contributed by atoms with Crippen molar-refractivity contribution in [2.24, 2.45) is 0 Å². The first-order chi connectivity index (χ1) is 13.7. The minimum Gasteiger partial charge on any atom is -0.444 e. The van der Waals surface area contributed by atoms with Crippen LogP contribution >= 0.6 is 0 Å². The highest BCUT2D eigenvalue weighted by Gasteiger charge is 2.38. The minimum absolute atomic E-state index is 0.218. The Morgan fingerprint density at radius 1 is 1.17 bits per heavy atom. The molecule has 0 spiro atoms. The van der Waals surface area contributed by atoms with Gasteiger partial charge in [0.05, 0.1) is 11.2 Å². The Bertz CT molecular complexity index is 910. The van der Waals surface area contributed by atoms with Crippen LogP contribution in [0.15, 0.2) is 30.5 Å². The molecule has 1 aromatic carbocycles. The summed E-state index contributed by atoms with van der Waals surface area (Å²) in [7, 11) is 0. The molecule has 0 radical (unpaired) electrons. The number of fused-ring (bicyclic) bond motifs is 2. The third-order valence-electron chi connectivity index (χ3n) is 5.78. The predicted molar refractivity (Wildman–Crippen MR) is 116 cm³/mol. The lowest BCUT2D eigenvalue weighted by Gasteiger charge is -2.51. The molecule has 2 aliphatic heterocycles. The van der Waals surface area contributed by atoms with Crippen LogP contribution in [0.3, 0.4) is 0 Å². The molecule has 1 aromatic heterocycles. The number of rotatable bonds is 1. The van der Waals surface area contributed by atoms with Gasteiger partial charge < -0.3 is 20.3 Å². The van der Waals surface area contributed by atoms with Crippen LogP contribution in [0, 0.1) is 0 Å². The van der Waals surface area contributed by atoms with E-state index in [-0.39, 0.29) is 12.1 Å². The average molecular weight is 398 g/mol. The second-order valence-electron chi connectivity index (χ2n) is 9.15. The smallest absolute Gasteiger partial charge is 0.410 e. The fourth-order valence-electron chi connectivity index (χ4n) is 4.51. The molecule has 2 aromatic rings. The number of hydrogen-bond donors (Lipinski definition) is 1. The van der Waals surface area contributed by atoms with Crippen LogP contribution in [0.25, 0.3) is 10.9 Å². The standard InChI is InChI=1S/C22H31N5O2/c1-15-12-26(19-8-7-18(23)20-17(19)6-5-9-24-20)14-16-13-25(10-11-27(15)16)21(28)29-22(2,3)4/h5-9,15-16H,10-14,23H2,1-4H3/t15-,16?/m1/s1. The predicted octanol–water partition coefficient (Wildman–Crippen LogP) is 2.95. The monoisotopic (exact) mass is 397 g/mol. The van der Waals surface area contributed by atoms with Crippen LogP contribution in [-0.2, 0) is 4.74 Å². The maximum atomic E-state index is 12.6. The van der Waals surface area contributed by atoms with Crippen molar-refractivity contribution in [3.63, 3.8) is 0 Å². The van der Waals surface area contributed by atoms with Gasteiger partial charge >= 0.3 is 6.09 Å². The Balaban J connectivity index is 1.56. The summed E-state index contributed by atoms with van der Waals surface area (Å²) in [5.41, 5.74) is 8.37. The number of carbonyl (C=O) groups is 1. The highest BCUT2D eigenvalue weighted by molar-refractivity contribution is 5.98. The molecule has 0 aliphatic carbocycles. The lowest BCUT2D eigenvalue weighted by molar-refractivity contribution is -0.00654. The molecule has 1 amide bonds. The topological polar surface area (TPSA) is 74.9 Å².